The standard InChI is InChI=1S/C22H19FN4O/c1-15(24-2)22(28)27-21-12-17(18-10-19(23)14-25-13-18)11-20(26-21)9-8-16-6-4-3-5-7-16/h3-7,10-15,24H,1-2H3,(H,26,27,28). The highest BCUT2D eigenvalue weighted by Gasteiger charge is 2.13. The molecular weight excluding hydrogens is 355 g/mol. The predicted octanol–water partition coefficient (Wildman–Crippen LogP) is 3.23. The highest BCUT2D eigenvalue weighted by Crippen LogP contribution is 2.23. The molecular formula is C22H19FN4O. The van der Waals surface area contributed by atoms with Gasteiger partial charge >= 0.3 is 0 Å². The number of anilines is 1. The first-order chi connectivity index (χ1) is 13.5. The zero-order valence-corrected chi connectivity index (χ0v) is 15.5. The molecule has 1 unspecified atom stereocenters. The first kappa shape index (κ1) is 19.2. The van der Waals surface area contributed by atoms with Crippen molar-refractivity contribution in [1.29, 1.82) is 0 Å². The summed E-state index contributed by atoms with van der Waals surface area (Å²) in [5, 5.41) is 5.63. The quantitative estimate of drug-likeness (QED) is 0.688. The Bertz CT molecular complexity index is 1040. The third kappa shape index (κ3) is 5.00. The molecule has 0 aliphatic heterocycles. The molecule has 3 aromatic rings. The lowest BCUT2D eigenvalue weighted by Crippen LogP contribution is -2.35. The van der Waals surface area contributed by atoms with Crippen molar-refractivity contribution in [2.75, 3.05) is 12.4 Å². The van der Waals surface area contributed by atoms with Crippen LogP contribution in [0.5, 0.6) is 0 Å². The highest BCUT2D eigenvalue weighted by atomic mass is 19.1. The van der Waals surface area contributed by atoms with Crippen LogP contribution in [0, 0.1) is 17.7 Å². The summed E-state index contributed by atoms with van der Waals surface area (Å²) in [5.74, 6) is 5.70. The number of hydrogen-bond acceptors (Lipinski definition) is 4. The van der Waals surface area contributed by atoms with Gasteiger partial charge in [-0.25, -0.2) is 9.37 Å². The second-order valence-corrected chi connectivity index (χ2v) is 6.13. The SMILES string of the molecule is CNC(C)C(=O)Nc1cc(-c2cncc(F)c2)cc(C#Cc2ccccc2)n1. The maximum Gasteiger partial charge on any atom is 0.242 e. The van der Waals surface area contributed by atoms with Crippen LogP contribution in [0.4, 0.5) is 10.2 Å². The summed E-state index contributed by atoms with van der Waals surface area (Å²) in [5.41, 5.74) is 2.53. The van der Waals surface area contributed by atoms with Gasteiger partial charge in [-0.1, -0.05) is 24.1 Å². The van der Waals surface area contributed by atoms with E-state index in [9.17, 15) is 9.18 Å². The van der Waals surface area contributed by atoms with Crippen molar-refractivity contribution in [1.82, 2.24) is 15.3 Å². The summed E-state index contributed by atoms with van der Waals surface area (Å²) in [4.78, 5) is 20.5. The number of benzene rings is 1. The van der Waals surface area contributed by atoms with Crippen molar-refractivity contribution in [3.8, 4) is 23.0 Å². The van der Waals surface area contributed by atoms with Crippen LogP contribution in [-0.4, -0.2) is 29.0 Å². The predicted molar refractivity (Wildman–Crippen MR) is 107 cm³/mol. The van der Waals surface area contributed by atoms with Gasteiger partial charge in [0.25, 0.3) is 0 Å². The van der Waals surface area contributed by atoms with Gasteiger partial charge in [0, 0.05) is 17.3 Å². The minimum absolute atomic E-state index is 0.230. The van der Waals surface area contributed by atoms with Crippen LogP contribution in [0.15, 0.2) is 60.9 Å². The molecule has 0 fully saturated rings. The van der Waals surface area contributed by atoms with Crippen molar-refractivity contribution in [3.63, 3.8) is 0 Å². The van der Waals surface area contributed by atoms with Gasteiger partial charge in [-0.05, 0) is 55.8 Å². The van der Waals surface area contributed by atoms with E-state index in [2.05, 4.69) is 32.4 Å². The van der Waals surface area contributed by atoms with Crippen LogP contribution in [0.3, 0.4) is 0 Å². The molecule has 0 bridgehead atoms. The Hall–Kier alpha value is -3.56. The third-order valence-corrected chi connectivity index (χ3v) is 4.05. The molecule has 0 saturated carbocycles. The van der Waals surface area contributed by atoms with E-state index in [1.165, 1.54) is 6.07 Å². The van der Waals surface area contributed by atoms with E-state index in [4.69, 9.17) is 0 Å². The molecule has 1 atom stereocenters. The monoisotopic (exact) mass is 374 g/mol. The van der Waals surface area contributed by atoms with Crippen molar-refractivity contribution < 1.29 is 9.18 Å². The topological polar surface area (TPSA) is 66.9 Å². The Kier molecular flexibility index (Phi) is 6.10. The van der Waals surface area contributed by atoms with E-state index < -0.39 is 5.82 Å². The van der Waals surface area contributed by atoms with Crippen molar-refractivity contribution in [2.45, 2.75) is 13.0 Å². The fourth-order valence-corrected chi connectivity index (χ4v) is 2.42. The highest BCUT2D eigenvalue weighted by molar-refractivity contribution is 5.94. The van der Waals surface area contributed by atoms with Crippen LogP contribution in [0.2, 0.25) is 0 Å². The summed E-state index contributed by atoms with van der Waals surface area (Å²) in [6.45, 7) is 1.74. The number of likely N-dealkylation sites (N-methyl/N-ethyl adjacent to an activating group) is 1. The Morgan fingerprint density at radius 1 is 1.07 bits per heavy atom. The van der Waals surface area contributed by atoms with Crippen LogP contribution >= 0.6 is 0 Å². The largest absolute Gasteiger partial charge is 0.309 e. The molecule has 0 radical (unpaired) electrons. The average molecular weight is 374 g/mol. The fourth-order valence-electron chi connectivity index (χ4n) is 2.42. The van der Waals surface area contributed by atoms with E-state index in [-0.39, 0.29) is 11.9 Å². The minimum atomic E-state index is -0.444. The van der Waals surface area contributed by atoms with Gasteiger partial charge in [0.2, 0.25) is 5.91 Å². The van der Waals surface area contributed by atoms with Gasteiger partial charge < -0.3 is 10.6 Å². The lowest BCUT2D eigenvalue weighted by Gasteiger charge is -2.12. The van der Waals surface area contributed by atoms with Gasteiger partial charge in [0.15, 0.2) is 0 Å². The molecule has 1 amide bonds. The lowest BCUT2D eigenvalue weighted by molar-refractivity contribution is -0.117. The Morgan fingerprint density at radius 2 is 1.86 bits per heavy atom. The molecule has 0 saturated heterocycles. The molecule has 1 aromatic carbocycles. The van der Waals surface area contributed by atoms with Crippen molar-refractivity contribution in [2.24, 2.45) is 0 Å². The van der Waals surface area contributed by atoms with Gasteiger partial charge in [-0.2, -0.15) is 0 Å². The molecule has 5 nitrogen and oxygen atoms in total. The molecule has 2 N–H and O–H groups in total. The number of nitrogens with zero attached hydrogens (tertiary/aromatic N) is 2. The zero-order valence-electron chi connectivity index (χ0n) is 15.5. The van der Waals surface area contributed by atoms with E-state index >= 15 is 0 Å². The van der Waals surface area contributed by atoms with Crippen molar-refractivity contribution >= 4 is 11.7 Å². The van der Waals surface area contributed by atoms with Gasteiger partial charge in [-0.3, -0.25) is 9.78 Å². The van der Waals surface area contributed by atoms with Crippen LogP contribution < -0.4 is 10.6 Å². The summed E-state index contributed by atoms with van der Waals surface area (Å²) in [6.07, 6.45) is 2.69. The lowest BCUT2D eigenvalue weighted by atomic mass is 10.1. The first-order valence-corrected chi connectivity index (χ1v) is 8.73. The summed E-state index contributed by atoms with van der Waals surface area (Å²) >= 11 is 0. The van der Waals surface area contributed by atoms with Crippen LogP contribution in [-0.2, 0) is 4.79 Å². The number of carbonyl (C=O) groups excluding carboxylic acids is 1. The van der Waals surface area contributed by atoms with E-state index in [0.717, 1.165) is 11.8 Å². The third-order valence-electron chi connectivity index (χ3n) is 4.05. The molecule has 2 heterocycles. The number of amides is 1. The normalized spacial score (nSPS) is 11.2. The molecule has 6 heteroatoms. The molecule has 0 aliphatic rings. The average Bonchev–Trinajstić information content (AvgIpc) is 2.72. The minimum Gasteiger partial charge on any atom is -0.309 e. The number of carbonyl (C=O) groups is 1. The van der Waals surface area contributed by atoms with Crippen molar-refractivity contribution in [3.05, 3.63) is 78.0 Å². The summed E-state index contributed by atoms with van der Waals surface area (Å²) < 4.78 is 13.6. The van der Waals surface area contributed by atoms with E-state index in [1.54, 1.807) is 32.3 Å². The maximum absolute atomic E-state index is 13.6. The summed E-state index contributed by atoms with van der Waals surface area (Å²) in [6, 6.07) is 13.9. The number of aromatic nitrogens is 2. The zero-order chi connectivity index (χ0) is 19.9. The molecule has 140 valence electrons. The second kappa shape index (κ2) is 8.89. The number of pyridine rings is 2. The molecule has 0 spiro atoms. The fraction of sp³-hybridized carbons (Fsp3) is 0.136. The smallest absolute Gasteiger partial charge is 0.242 e. The molecule has 2 aromatic heterocycles. The molecule has 3 rings (SSSR count). The van der Waals surface area contributed by atoms with Gasteiger partial charge in [-0.15, -0.1) is 0 Å². The van der Waals surface area contributed by atoms with Gasteiger partial charge in [0.1, 0.15) is 17.3 Å². The Labute approximate surface area is 163 Å². The van der Waals surface area contributed by atoms with E-state index in [1.807, 2.05) is 30.3 Å². The number of halogens is 1. The van der Waals surface area contributed by atoms with E-state index in [0.29, 0.717) is 22.6 Å². The Morgan fingerprint density at radius 3 is 2.57 bits per heavy atom. The number of nitrogens with one attached hydrogen (secondary N) is 2. The maximum atomic E-state index is 13.6. The molecule has 28 heavy (non-hydrogen) atoms. The van der Waals surface area contributed by atoms with Crippen LogP contribution in [0.1, 0.15) is 18.2 Å². The number of rotatable bonds is 4. The summed E-state index contributed by atoms with van der Waals surface area (Å²) in [7, 11) is 1.70. The molecule has 0 aliphatic carbocycles. The van der Waals surface area contributed by atoms with Crippen LogP contribution in [0.25, 0.3) is 11.1 Å². The number of hydrogen-bond donors (Lipinski definition) is 2. The van der Waals surface area contributed by atoms with Gasteiger partial charge in [0.05, 0.1) is 12.2 Å². The second-order valence-electron chi connectivity index (χ2n) is 6.13. The first-order valence-electron chi connectivity index (χ1n) is 8.73. The Balaban J connectivity index is 2.01.